The third-order valence-corrected chi connectivity index (χ3v) is 5.67. The van der Waals surface area contributed by atoms with Gasteiger partial charge in [0, 0.05) is 26.2 Å². The number of benzene rings is 1. The topological polar surface area (TPSA) is 106 Å². The summed E-state index contributed by atoms with van der Waals surface area (Å²) in [6.07, 6.45) is 1.85. The van der Waals surface area contributed by atoms with Gasteiger partial charge in [0.05, 0.1) is 12.2 Å². The number of carboxylic acid groups (broad SMARTS) is 1. The Morgan fingerprint density at radius 1 is 1.34 bits per heavy atom. The Labute approximate surface area is 168 Å². The van der Waals surface area contributed by atoms with Crippen LogP contribution in [0.25, 0.3) is 11.2 Å². The Morgan fingerprint density at radius 3 is 2.79 bits per heavy atom. The van der Waals surface area contributed by atoms with Crippen molar-refractivity contribution in [1.82, 2.24) is 14.1 Å². The number of aromatic nitrogens is 3. The predicted molar refractivity (Wildman–Crippen MR) is 112 cm³/mol. The number of aryl methyl sites for hydroxylation is 2. The van der Waals surface area contributed by atoms with Crippen molar-refractivity contribution < 1.29 is 9.90 Å². The van der Waals surface area contributed by atoms with Crippen molar-refractivity contribution in [2.45, 2.75) is 32.4 Å². The summed E-state index contributed by atoms with van der Waals surface area (Å²) >= 11 is 0. The second-order valence-electron chi connectivity index (χ2n) is 7.71. The van der Waals surface area contributed by atoms with E-state index in [-0.39, 0.29) is 17.4 Å². The maximum atomic E-state index is 13.1. The molecule has 0 radical (unpaired) electrons. The molecule has 1 atom stereocenters. The average molecular weight is 395 g/mol. The Bertz CT molecular complexity index is 1150. The number of piperidine rings is 1. The molecule has 0 saturated carbocycles. The fourth-order valence-corrected chi connectivity index (χ4v) is 4.06. The molecular formula is C21H25N5O3. The number of anilines is 1. The standard InChI is InChI=1S/C21H25N5O3/c1-13-6-3-4-7-14(13)11-26-18-17(25-9-5-8-15(22)12-25)10-16(20(27)28)23-19(18)24(2)21(26)29/h3-4,6-7,10,15H,5,8-9,11-12,22H2,1-2H3,(H,27,28)/t15-/m1/s1. The Morgan fingerprint density at radius 2 is 2.10 bits per heavy atom. The molecule has 0 aliphatic carbocycles. The first-order valence-corrected chi connectivity index (χ1v) is 9.75. The van der Waals surface area contributed by atoms with Gasteiger partial charge in [-0.2, -0.15) is 0 Å². The third kappa shape index (κ3) is 3.40. The number of rotatable bonds is 4. The van der Waals surface area contributed by atoms with E-state index in [4.69, 9.17) is 5.73 Å². The zero-order valence-corrected chi connectivity index (χ0v) is 16.6. The SMILES string of the molecule is Cc1ccccc1Cn1c(=O)n(C)c2nc(C(=O)O)cc(N3CCC[C@@H](N)C3)c21. The molecular weight excluding hydrogens is 370 g/mol. The molecule has 1 aliphatic rings. The fourth-order valence-electron chi connectivity index (χ4n) is 4.06. The van der Waals surface area contributed by atoms with Gasteiger partial charge in [0.1, 0.15) is 5.52 Å². The molecule has 3 heterocycles. The molecule has 3 N–H and O–H groups in total. The van der Waals surface area contributed by atoms with Crippen molar-refractivity contribution in [3.63, 3.8) is 0 Å². The average Bonchev–Trinajstić information content (AvgIpc) is 2.94. The number of carboxylic acids is 1. The van der Waals surface area contributed by atoms with Crippen LogP contribution in [-0.2, 0) is 13.6 Å². The largest absolute Gasteiger partial charge is 0.477 e. The van der Waals surface area contributed by atoms with E-state index < -0.39 is 5.97 Å². The third-order valence-electron chi connectivity index (χ3n) is 5.67. The minimum Gasteiger partial charge on any atom is -0.477 e. The van der Waals surface area contributed by atoms with E-state index in [1.165, 1.54) is 4.57 Å². The number of fused-ring (bicyclic) bond motifs is 1. The lowest BCUT2D eigenvalue weighted by Crippen LogP contribution is -2.43. The zero-order chi connectivity index (χ0) is 20.7. The quantitative estimate of drug-likeness (QED) is 0.697. The van der Waals surface area contributed by atoms with Crippen molar-refractivity contribution in [3.8, 4) is 0 Å². The Kier molecular flexibility index (Phi) is 4.87. The molecule has 2 aromatic heterocycles. The Hall–Kier alpha value is -3.13. The van der Waals surface area contributed by atoms with Gasteiger partial charge in [-0.25, -0.2) is 14.6 Å². The van der Waals surface area contributed by atoms with Gasteiger partial charge < -0.3 is 15.7 Å². The van der Waals surface area contributed by atoms with Crippen LogP contribution in [0.4, 0.5) is 5.69 Å². The first kappa shape index (κ1) is 19.2. The van der Waals surface area contributed by atoms with Crippen LogP contribution in [0.5, 0.6) is 0 Å². The minimum atomic E-state index is -1.12. The van der Waals surface area contributed by atoms with Crippen LogP contribution >= 0.6 is 0 Å². The van der Waals surface area contributed by atoms with Crippen molar-refractivity contribution >= 4 is 22.8 Å². The highest BCUT2D eigenvalue weighted by Gasteiger charge is 2.25. The molecule has 1 saturated heterocycles. The highest BCUT2D eigenvalue weighted by Crippen LogP contribution is 2.29. The number of carbonyl (C=O) groups is 1. The molecule has 4 rings (SSSR count). The molecule has 0 amide bonds. The lowest BCUT2D eigenvalue weighted by molar-refractivity contribution is 0.0691. The van der Waals surface area contributed by atoms with Crippen LogP contribution in [-0.4, -0.2) is 44.3 Å². The lowest BCUT2D eigenvalue weighted by atomic mass is 10.1. The molecule has 1 fully saturated rings. The van der Waals surface area contributed by atoms with Gasteiger partial charge in [0.25, 0.3) is 0 Å². The number of hydrogen-bond acceptors (Lipinski definition) is 5. The summed E-state index contributed by atoms with van der Waals surface area (Å²) in [5.74, 6) is -1.12. The monoisotopic (exact) mass is 395 g/mol. The minimum absolute atomic E-state index is 0.0143. The van der Waals surface area contributed by atoms with Gasteiger partial charge in [0.2, 0.25) is 0 Å². The molecule has 3 aromatic rings. The van der Waals surface area contributed by atoms with E-state index in [9.17, 15) is 14.7 Å². The van der Waals surface area contributed by atoms with E-state index in [0.717, 1.165) is 30.5 Å². The zero-order valence-electron chi connectivity index (χ0n) is 16.6. The number of pyridine rings is 1. The molecule has 8 nitrogen and oxygen atoms in total. The van der Waals surface area contributed by atoms with E-state index >= 15 is 0 Å². The van der Waals surface area contributed by atoms with Crippen LogP contribution in [0.2, 0.25) is 0 Å². The van der Waals surface area contributed by atoms with Crippen molar-refractivity contribution in [2.24, 2.45) is 12.8 Å². The van der Waals surface area contributed by atoms with E-state index in [0.29, 0.717) is 29.9 Å². The summed E-state index contributed by atoms with van der Waals surface area (Å²) in [4.78, 5) is 31.1. The molecule has 0 unspecified atom stereocenters. The molecule has 1 aliphatic heterocycles. The lowest BCUT2D eigenvalue weighted by Gasteiger charge is -2.33. The van der Waals surface area contributed by atoms with Gasteiger partial charge in [-0.3, -0.25) is 9.13 Å². The first-order valence-electron chi connectivity index (χ1n) is 9.75. The normalized spacial score (nSPS) is 17.1. The highest BCUT2D eigenvalue weighted by molar-refractivity contribution is 5.95. The number of hydrogen-bond donors (Lipinski definition) is 2. The summed E-state index contributed by atoms with van der Waals surface area (Å²) in [6.45, 7) is 3.78. The van der Waals surface area contributed by atoms with Crippen LogP contribution in [0, 0.1) is 6.92 Å². The van der Waals surface area contributed by atoms with E-state index in [2.05, 4.69) is 9.88 Å². The fraction of sp³-hybridized carbons (Fsp3) is 0.381. The second-order valence-corrected chi connectivity index (χ2v) is 7.71. The number of nitrogens with zero attached hydrogens (tertiary/aromatic N) is 4. The van der Waals surface area contributed by atoms with Crippen LogP contribution in [0.1, 0.15) is 34.5 Å². The number of nitrogens with two attached hydrogens (primary N) is 1. The van der Waals surface area contributed by atoms with Gasteiger partial charge in [-0.05, 0) is 37.0 Å². The maximum Gasteiger partial charge on any atom is 0.354 e. The highest BCUT2D eigenvalue weighted by atomic mass is 16.4. The molecule has 0 bridgehead atoms. The molecule has 0 spiro atoms. The summed E-state index contributed by atoms with van der Waals surface area (Å²) < 4.78 is 3.11. The van der Waals surface area contributed by atoms with Gasteiger partial charge in [-0.15, -0.1) is 0 Å². The summed E-state index contributed by atoms with van der Waals surface area (Å²) in [5.41, 5.74) is 9.73. The Balaban J connectivity index is 1.96. The summed E-state index contributed by atoms with van der Waals surface area (Å²) in [5, 5.41) is 9.56. The van der Waals surface area contributed by atoms with Crippen LogP contribution < -0.4 is 16.3 Å². The molecule has 29 heavy (non-hydrogen) atoms. The number of imidazole rings is 1. The molecule has 1 aromatic carbocycles. The number of aromatic carboxylic acids is 1. The maximum absolute atomic E-state index is 13.1. The molecule has 152 valence electrons. The second kappa shape index (κ2) is 7.36. The van der Waals surface area contributed by atoms with E-state index in [1.54, 1.807) is 17.7 Å². The van der Waals surface area contributed by atoms with Gasteiger partial charge in [0.15, 0.2) is 11.3 Å². The van der Waals surface area contributed by atoms with Crippen molar-refractivity contribution in [3.05, 3.63) is 57.6 Å². The first-order chi connectivity index (χ1) is 13.9. The van der Waals surface area contributed by atoms with Crippen molar-refractivity contribution in [1.29, 1.82) is 0 Å². The summed E-state index contributed by atoms with van der Waals surface area (Å²) in [7, 11) is 1.63. The molecule has 8 heteroatoms. The smallest absolute Gasteiger partial charge is 0.354 e. The predicted octanol–water partition coefficient (Wildman–Crippen LogP) is 1.72. The summed E-state index contributed by atoms with van der Waals surface area (Å²) in [6, 6.07) is 9.50. The van der Waals surface area contributed by atoms with Gasteiger partial charge >= 0.3 is 11.7 Å². The van der Waals surface area contributed by atoms with Crippen LogP contribution in [0.3, 0.4) is 0 Å². The van der Waals surface area contributed by atoms with E-state index in [1.807, 2.05) is 31.2 Å². The van der Waals surface area contributed by atoms with Crippen LogP contribution in [0.15, 0.2) is 35.1 Å². The van der Waals surface area contributed by atoms with Gasteiger partial charge in [-0.1, -0.05) is 24.3 Å². The van der Waals surface area contributed by atoms with Crippen molar-refractivity contribution in [2.75, 3.05) is 18.0 Å².